The van der Waals surface area contributed by atoms with E-state index in [4.69, 9.17) is 18.6 Å². The molecule has 0 saturated carbocycles. The Balaban J connectivity index is 1.95. The summed E-state index contributed by atoms with van der Waals surface area (Å²) in [5, 5.41) is 11.6. The highest BCUT2D eigenvalue weighted by molar-refractivity contribution is 6.07. The smallest absolute Gasteiger partial charge is 0.336 e. The predicted octanol–water partition coefficient (Wildman–Crippen LogP) is 5.30. The van der Waals surface area contributed by atoms with Crippen LogP contribution in [0.3, 0.4) is 0 Å². The number of aromatic carboxylic acids is 1. The molecule has 2 aromatic rings. The van der Waals surface area contributed by atoms with E-state index in [-0.39, 0.29) is 30.7 Å². The first-order valence-electron chi connectivity index (χ1n) is 14.4. The summed E-state index contributed by atoms with van der Waals surface area (Å²) in [4.78, 5) is 36.9. The molecule has 0 atom stereocenters. The lowest BCUT2D eigenvalue weighted by atomic mass is 9.90. The molecule has 0 radical (unpaired) electrons. The maximum atomic E-state index is 12.3. The molecule has 1 N–H and O–H groups in total. The van der Waals surface area contributed by atoms with Crippen LogP contribution in [0.15, 0.2) is 90.2 Å². The fraction of sp³-hybridized carbons (Fsp3) is 0.257. The van der Waals surface area contributed by atoms with Gasteiger partial charge in [-0.1, -0.05) is 31.4 Å². The van der Waals surface area contributed by atoms with Crippen LogP contribution in [0, 0.1) is 0 Å². The third-order valence-corrected chi connectivity index (χ3v) is 7.05. The van der Waals surface area contributed by atoms with Crippen LogP contribution in [-0.2, 0) is 23.8 Å². The van der Waals surface area contributed by atoms with E-state index in [0.717, 1.165) is 22.0 Å². The molecule has 0 bridgehead atoms. The standard InChI is InChI=1S/C35H36N2O8/c1-6-36(15-19-43-24(4)38)26-11-13-30-32(21-26)45-33-22-27(37(16-18-42-23(2)3)17-20-44-25(5)39)12-14-31(33)34(30)28-9-7-8-10-29(28)35(40)41/h6-14,21-22H,1-2,15-20H2,3-5H3/p+1. The third kappa shape index (κ3) is 8.17. The Kier molecular flexibility index (Phi) is 10.8. The van der Waals surface area contributed by atoms with Gasteiger partial charge < -0.3 is 28.6 Å². The lowest BCUT2D eigenvalue weighted by molar-refractivity contribution is -0.141. The number of rotatable bonds is 14. The molecule has 0 amide bonds. The summed E-state index contributed by atoms with van der Waals surface area (Å²) in [6.07, 6.45) is 1.64. The Morgan fingerprint density at radius 3 is 2.24 bits per heavy atom. The van der Waals surface area contributed by atoms with E-state index in [1.165, 1.54) is 13.8 Å². The topological polar surface area (TPSA) is 119 Å². The zero-order chi connectivity index (χ0) is 32.5. The van der Waals surface area contributed by atoms with Crippen molar-refractivity contribution in [3.63, 3.8) is 0 Å². The number of carbonyl (C=O) groups is 3. The molecule has 234 valence electrons. The quantitative estimate of drug-likeness (QED) is 0.0875. The molecule has 1 aliphatic heterocycles. The molecular weight excluding hydrogens is 576 g/mol. The molecule has 0 unspecified atom stereocenters. The summed E-state index contributed by atoms with van der Waals surface area (Å²) in [7, 11) is 0. The van der Waals surface area contributed by atoms with Crippen molar-refractivity contribution in [1.82, 2.24) is 4.58 Å². The van der Waals surface area contributed by atoms with Crippen LogP contribution < -0.4 is 14.8 Å². The largest absolute Gasteiger partial charge is 0.492 e. The van der Waals surface area contributed by atoms with Gasteiger partial charge in [0, 0.05) is 48.2 Å². The maximum Gasteiger partial charge on any atom is 0.336 e. The number of carboxylic acids is 1. The molecular formula is C35H37N2O8+. The van der Waals surface area contributed by atoms with Crippen molar-refractivity contribution < 1.29 is 38.1 Å². The Morgan fingerprint density at radius 2 is 1.58 bits per heavy atom. The maximum absolute atomic E-state index is 12.3. The van der Waals surface area contributed by atoms with Crippen molar-refractivity contribution in [3.8, 4) is 22.5 Å². The number of carbonyl (C=O) groups excluding carboxylic acids is 2. The second kappa shape index (κ2) is 14.9. The first-order valence-corrected chi connectivity index (χ1v) is 14.4. The van der Waals surface area contributed by atoms with Crippen molar-refractivity contribution in [1.29, 1.82) is 0 Å². The van der Waals surface area contributed by atoms with Gasteiger partial charge in [-0.05, 0) is 43.0 Å². The van der Waals surface area contributed by atoms with Gasteiger partial charge in [0.15, 0.2) is 13.1 Å². The molecule has 1 heterocycles. The molecule has 45 heavy (non-hydrogen) atoms. The lowest BCUT2D eigenvalue weighted by Gasteiger charge is -2.22. The number of hydrogen-bond donors (Lipinski definition) is 1. The van der Waals surface area contributed by atoms with Crippen molar-refractivity contribution >= 4 is 34.6 Å². The summed E-state index contributed by atoms with van der Waals surface area (Å²) in [5.74, 6) is -0.667. The number of esters is 2. The number of nitrogens with zero attached hydrogens (tertiary/aromatic N) is 2. The average Bonchev–Trinajstić information content (AvgIpc) is 3.00. The van der Waals surface area contributed by atoms with Gasteiger partial charge in [-0.3, -0.25) is 9.59 Å². The number of hydrogen-bond acceptors (Lipinski definition) is 8. The van der Waals surface area contributed by atoms with E-state index in [1.807, 2.05) is 45.9 Å². The van der Waals surface area contributed by atoms with Crippen molar-refractivity contribution in [2.45, 2.75) is 20.8 Å². The van der Waals surface area contributed by atoms with Gasteiger partial charge >= 0.3 is 17.9 Å². The average molecular weight is 614 g/mol. The zero-order valence-corrected chi connectivity index (χ0v) is 25.7. The predicted molar refractivity (Wildman–Crippen MR) is 172 cm³/mol. The Hall–Kier alpha value is -5.38. The molecule has 0 spiro atoms. The third-order valence-electron chi connectivity index (χ3n) is 7.05. The Bertz CT molecular complexity index is 1770. The van der Waals surface area contributed by atoms with E-state index in [1.54, 1.807) is 37.4 Å². The molecule has 4 rings (SSSR count). The van der Waals surface area contributed by atoms with Crippen LogP contribution in [0.1, 0.15) is 31.1 Å². The number of ether oxygens (including phenoxy) is 3. The molecule has 0 fully saturated rings. The summed E-state index contributed by atoms with van der Waals surface area (Å²) in [6, 6.07) is 18.2. The van der Waals surface area contributed by atoms with Gasteiger partial charge in [-0.2, -0.15) is 0 Å². The highest BCUT2D eigenvalue weighted by Crippen LogP contribution is 2.42. The van der Waals surface area contributed by atoms with Crippen LogP contribution in [0.2, 0.25) is 0 Å². The van der Waals surface area contributed by atoms with E-state index >= 15 is 0 Å². The summed E-state index contributed by atoms with van der Waals surface area (Å²) in [5.41, 5.74) is 3.41. The van der Waals surface area contributed by atoms with Crippen LogP contribution in [0.5, 0.6) is 0 Å². The number of fused-ring (bicyclic) bond motifs is 2. The molecule has 10 heteroatoms. The minimum atomic E-state index is -1.04. The monoisotopic (exact) mass is 613 g/mol. The van der Waals surface area contributed by atoms with Crippen LogP contribution in [0.25, 0.3) is 33.4 Å². The van der Waals surface area contributed by atoms with Crippen molar-refractivity contribution in [2.24, 2.45) is 0 Å². The molecule has 0 aromatic heterocycles. The second-order valence-corrected chi connectivity index (χ2v) is 10.3. The first kappa shape index (κ1) is 32.5. The van der Waals surface area contributed by atoms with E-state index in [2.05, 4.69) is 13.2 Å². The normalized spacial score (nSPS) is 11.5. The second-order valence-electron chi connectivity index (χ2n) is 10.3. The van der Waals surface area contributed by atoms with Gasteiger partial charge in [0.1, 0.15) is 31.2 Å². The van der Waals surface area contributed by atoms with Crippen LogP contribution in [-0.4, -0.2) is 62.5 Å². The van der Waals surface area contributed by atoms with Crippen LogP contribution in [0.4, 0.5) is 5.69 Å². The summed E-state index contributed by atoms with van der Waals surface area (Å²) < 4.78 is 24.5. The Labute approximate surface area is 261 Å². The molecule has 10 nitrogen and oxygen atoms in total. The highest BCUT2D eigenvalue weighted by Gasteiger charge is 2.23. The van der Waals surface area contributed by atoms with Crippen molar-refractivity contribution in [3.05, 3.63) is 96.7 Å². The van der Waals surface area contributed by atoms with Gasteiger partial charge in [0.05, 0.1) is 23.9 Å². The zero-order valence-electron chi connectivity index (χ0n) is 25.7. The van der Waals surface area contributed by atoms with E-state index in [9.17, 15) is 19.5 Å². The minimum absolute atomic E-state index is 0.161. The SMILES string of the molecule is C=CN(CCOC(C)=O)c1ccc2c(-c3ccccc3C(=O)O)c3ccc(=[N+](CCOC(=C)C)CCOC(C)=O)cc-3oc2c1. The lowest BCUT2D eigenvalue weighted by Crippen LogP contribution is -2.36. The number of benzene rings is 3. The van der Waals surface area contributed by atoms with Gasteiger partial charge in [0.2, 0.25) is 5.36 Å². The molecule has 0 saturated heterocycles. The van der Waals surface area contributed by atoms with Crippen LogP contribution >= 0.6 is 0 Å². The fourth-order valence-electron chi connectivity index (χ4n) is 5.03. The number of allylic oxidation sites excluding steroid dienone is 1. The van der Waals surface area contributed by atoms with Gasteiger partial charge in [0.25, 0.3) is 0 Å². The van der Waals surface area contributed by atoms with Gasteiger partial charge in [-0.15, -0.1) is 0 Å². The summed E-state index contributed by atoms with van der Waals surface area (Å²) in [6.45, 7) is 14.2. The minimum Gasteiger partial charge on any atom is -0.492 e. The summed E-state index contributed by atoms with van der Waals surface area (Å²) >= 11 is 0. The van der Waals surface area contributed by atoms with Crippen molar-refractivity contribution in [2.75, 3.05) is 44.4 Å². The highest BCUT2D eigenvalue weighted by atomic mass is 16.5. The number of anilines is 1. The Morgan fingerprint density at radius 1 is 0.889 bits per heavy atom. The van der Waals surface area contributed by atoms with E-state index in [0.29, 0.717) is 54.5 Å². The molecule has 1 aliphatic carbocycles. The fourth-order valence-corrected chi connectivity index (χ4v) is 5.03. The first-order chi connectivity index (χ1) is 21.6. The molecule has 2 aromatic carbocycles. The van der Waals surface area contributed by atoms with E-state index < -0.39 is 5.97 Å². The number of carboxylic acid groups (broad SMARTS) is 1. The van der Waals surface area contributed by atoms with Gasteiger partial charge in [-0.25, -0.2) is 9.37 Å². The molecule has 2 aliphatic rings.